The predicted octanol–water partition coefficient (Wildman–Crippen LogP) is 5.01. The Morgan fingerprint density at radius 1 is 1.24 bits per heavy atom. The minimum atomic E-state index is -4.72. The van der Waals surface area contributed by atoms with E-state index in [0.29, 0.717) is 17.5 Å². The third kappa shape index (κ3) is 5.09. The van der Waals surface area contributed by atoms with Crippen molar-refractivity contribution in [3.8, 4) is 5.75 Å². The van der Waals surface area contributed by atoms with E-state index in [9.17, 15) is 13.2 Å². The van der Waals surface area contributed by atoms with Gasteiger partial charge in [0.05, 0.1) is 4.47 Å². The summed E-state index contributed by atoms with van der Waals surface area (Å²) in [6.07, 6.45) is -4.72. The lowest BCUT2D eigenvalue weighted by molar-refractivity contribution is -0.274. The van der Waals surface area contributed by atoms with Crippen molar-refractivity contribution in [2.45, 2.75) is 12.9 Å². The Hall–Kier alpha value is -1.47. The quantitative estimate of drug-likeness (QED) is 0.756. The largest absolute Gasteiger partial charge is 0.573 e. The zero-order chi connectivity index (χ0) is 15.5. The monoisotopic (exact) mass is 380 g/mol. The van der Waals surface area contributed by atoms with Gasteiger partial charge in [0.1, 0.15) is 16.7 Å². The fourth-order valence-corrected chi connectivity index (χ4v) is 2.23. The SMILES string of the molecule is FC(F)(F)Oc1ccc(CNc2cccc(Cl)n2)cc1Br. The molecule has 112 valence electrons. The molecule has 0 atom stereocenters. The second-order valence-electron chi connectivity index (χ2n) is 4.01. The van der Waals surface area contributed by atoms with E-state index in [1.54, 1.807) is 24.3 Å². The van der Waals surface area contributed by atoms with Gasteiger partial charge in [-0.05, 0) is 45.8 Å². The van der Waals surface area contributed by atoms with E-state index in [1.807, 2.05) is 0 Å². The van der Waals surface area contributed by atoms with Crippen molar-refractivity contribution in [3.63, 3.8) is 0 Å². The fraction of sp³-hybridized carbons (Fsp3) is 0.154. The summed E-state index contributed by atoms with van der Waals surface area (Å²) in [5.74, 6) is 0.293. The van der Waals surface area contributed by atoms with Gasteiger partial charge in [-0.1, -0.05) is 23.7 Å². The second kappa shape index (κ2) is 6.53. The number of halogens is 5. The lowest BCUT2D eigenvalue weighted by atomic mass is 10.2. The first-order chi connectivity index (χ1) is 9.83. The van der Waals surface area contributed by atoms with E-state index in [1.165, 1.54) is 12.1 Å². The highest BCUT2D eigenvalue weighted by molar-refractivity contribution is 9.10. The molecule has 0 saturated carbocycles. The van der Waals surface area contributed by atoms with Crippen LogP contribution in [0.1, 0.15) is 5.56 Å². The van der Waals surface area contributed by atoms with Gasteiger partial charge in [0, 0.05) is 6.54 Å². The summed E-state index contributed by atoms with van der Waals surface area (Å²) in [7, 11) is 0. The lowest BCUT2D eigenvalue weighted by Gasteiger charge is -2.12. The minimum Gasteiger partial charge on any atom is -0.405 e. The average molecular weight is 382 g/mol. The van der Waals surface area contributed by atoms with Gasteiger partial charge < -0.3 is 10.1 Å². The van der Waals surface area contributed by atoms with Gasteiger partial charge in [0.15, 0.2) is 0 Å². The first-order valence-electron chi connectivity index (χ1n) is 5.74. The van der Waals surface area contributed by atoms with Crippen molar-refractivity contribution in [2.75, 3.05) is 5.32 Å². The molecule has 1 aromatic heterocycles. The molecule has 0 spiro atoms. The molecule has 0 aliphatic rings. The molecule has 0 amide bonds. The van der Waals surface area contributed by atoms with Crippen molar-refractivity contribution in [1.82, 2.24) is 4.98 Å². The van der Waals surface area contributed by atoms with E-state index < -0.39 is 6.36 Å². The summed E-state index contributed by atoms with van der Waals surface area (Å²) in [6.45, 7) is 0.387. The third-order valence-corrected chi connectivity index (χ3v) is 3.24. The van der Waals surface area contributed by atoms with Crippen molar-refractivity contribution in [2.24, 2.45) is 0 Å². The molecule has 1 heterocycles. The summed E-state index contributed by atoms with van der Waals surface area (Å²) >= 11 is 8.80. The van der Waals surface area contributed by atoms with E-state index >= 15 is 0 Å². The maximum absolute atomic E-state index is 12.2. The Bertz CT molecular complexity index is 637. The van der Waals surface area contributed by atoms with Gasteiger partial charge in [-0.2, -0.15) is 0 Å². The molecule has 0 aliphatic carbocycles. The van der Waals surface area contributed by atoms with E-state index in [4.69, 9.17) is 11.6 Å². The summed E-state index contributed by atoms with van der Waals surface area (Å²) in [5, 5.41) is 3.37. The van der Waals surface area contributed by atoms with Crippen LogP contribution in [0.15, 0.2) is 40.9 Å². The summed E-state index contributed by atoms with van der Waals surface area (Å²) in [6, 6.07) is 9.45. The highest BCUT2D eigenvalue weighted by Crippen LogP contribution is 2.31. The van der Waals surface area contributed by atoms with Crippen molar-refractivity contribution < 1.29 is 17.9 Å². The Balaban J connectivity index is 2.03. The van der Waals surface area contributed by atoms with E-state index in [-0.39, 0.29) is 10.2 Å². The number of anilines is 1. The number of benzene rings is 1. The standard InChI is InChI=1S/C13H9BrClF3N2O/c14-9-6-8(4-5-10(9)21-13(16,17)18)7-19-12-3-1-2-11(15)20-12/h1-6H,7H2,(H,19,20). The first-order valence-corrected chi connectivity index (χ1v) is 6.91. The minimum absolute atomic E-state index is 0.221. The van der Waals surface area contributed by atoms with Gasteiger partial charge >= 0.3 is 6.36 Å². The smallest absolute Gasteiger partial charge is 0.405 e. The molecule has 2 rings (SSSR count). The van der Waals surface area contributed by atoms with Crippen LogP contribution in [0.3, 0.4) is 0 Å². The Morgan fingerprint density at radius 3 is 2.62 bits per heavy atom. The molecule has 0 aliphatic heterocycles. The highest BCUT2D eigenvalue weighted by atomic mass is 79.9. The molecule has 21 heavy (non-hydrogen) atoms. The van der Waals surface area contributed by atoms with Crippen LogP contribution in [0.25, 0.3) is 0 Å². The molecule has 1 aromatic carbocycles. The topological polar surface area (TPSA) is 34.1 Å². The van der Waals surface area contributed by atoms with E-state index in [2.05, 4.69) is 31.0 Å². The van der Waals surface area contributed by atoms with Crippen LogP contribution < -0.4 is 10.1 Å². The molecular formula is C13H9BrClF3N2O. The van der Waals surface area contributed by atoms with Crippen LogP contribution in [-0.2, 0) is 6.54 Å². The van der Waals surface area contributed by atoms with E-state index in [0.717, 1.165) is 5.56 Å². The Kier molecular flexibility index (Phi) is 4.95. The Morgan fingerprint density at radius 2 is 2.00 bits per heavy atom. The number of nitrogens with one attached hydrogen (secondary N) is 1. The maximum atomic E-state index is 12.2. The van der Waals surface area contributed by atoms with Crippen LogP contribution in [0.4, 0.5) is 19.0 Å². The van der Waals surface area contributed by atoms with Crippen molar-refractivity contribution >= 4 is 33.3 Å². The van der Waals surface area contributed by atoms with Gasteiger partial charge in [0.25, 0.3) is 0 Å². The molecule has 0 unspecified atom stereocenters. The molecule has 1 N–H and O–H groups in total. The molecular weight excluding hydrogens is 373 g/mol. The summed E-state index contributed by atoms with van der Waals surface area (Å²) < 4.78 is 40.5. The van der Waals surface area contributed by atoms with Gasteiger partial charge in [0.2, 0.25) is 0 Å². The molecule has 2 aromatic rings. The highest BCUT2D eigenvalue weighted by Gasteiger charge is 2.31. The zero-order valence-corrected chi connectivity index (χ0v) is 12.8. The molecule has 0 bridgehead atoms. The maximum Gasteiger partial charge on any atom is 0.573 e. The molecule has 3 nitrogen and oxygen atoms in total. The predicted molar refractivity (Wildman–Crippen MR) is 77.4 cm³/mol. The molecule has 0 fully saturated rings. The third-order valence-electron chi connectivity index (χ3n) is 2.41. The van der Waals surface area contributed by atoms with Crippen LogP contribution >= 0.6 is 27.5 Å². The van der Waals surface area contributed by atoms with Crippen LogP contribution in [0, 0.1) is 0 Å². The average Bonchev–Trinajstić information content (AvgIpc) is 2.38. The number of alkyl halides is 3. The molecule has 8 heteroatoms. The number of pyridine rings is 1. The van der Waals surface area contributed by atoms with Gasteiger partial charge in [-0.3, -0.25) is 0 Å². The Labute approximate surface area is 132 Å². The summed E-state index contributed by atoms with van der Waals surface area (Å²) in [5.41, 5.74) is 0.762. The van der Waals surface area contributed by atoms with Crippen LogP contribution in [0.5, 0.6) is 5.75 Å². The van der Waals surface area contributed by atoms with Crippen LogP contribution in [0.2, 0.25) is 5.15 Å². The van der Waals surface area contributed by atoms with Crippen LogP contribution in [-0.4, -0.2) is 11.3 Å². The van der Waals surface area contributed by atoms with Crippen molar-refractivity contribution in [1.29, 1.82) is 0 Å². The number of aromatic nitrogens is 1. The second-order valence-corrected chi connectivity index (χ2v) is 5.25. The normalized spacial score (nSPS) is 11.3. The first kappa shape index (κ1) is 15.9. The van der Waals surface area contributed by atoms with Gasteiger partial charge in [-0.15, -0.1) is 13.2 Å². The number of ether oxygens (including phenoxy) is 1. The number of hydrogen-bond acceptors (Lipinski definition) is 3. The summed E-state index contributed by atoms with van der Waals surface area (Å²) in [4.78, 5) is 4.05. The molecule has 0 radical (unpaired) electrons. The van der Waals surface area contributed by atoms with Crippen molar-refractivity contribution in [3.05, 3.63) is 51.6 Å². The van der Waals surface area contributed by atoms with Gasteiger partial charge in [-0.25, -0.2) is 4.98 Å². The number of hydrogen-bond donors (Lipinski definition) is 1. The fourth-order valence-electron chi connectivity index (χ4n) is 1.56. The number of rotatable bonds is 4. The number of nitrogens with zero attached hydrogens (tertiary/aromatic N) is 1. The zero-order valence-electron chi connectivity index (χ0n) is 10.4. The molecule has 0 saturated heterocycles. The lowest BCUT2D eigenvalue weighted by Crippen LogP contribution is -2.17.